The third kappa shape index (κ3) is 2.45. The lowest BCUT2D eigenvalue weighted by atomic mass is 10.1. The van der Waals surface area contributed by atoms with Crippen LogP contribution in [-0.2, 0) is 17.6 Å². The Hall–Kier alpha value is -1.40. The summed E-state index contributed by atoms with van der Waals surface area (Å²) in [6.45, 7) is 4.65. The molecule has 0 radical (unpaired) electrons. The summed E-state index contributed by atoms with van der Waals surface area (Å²) in [6.07, 6.45) is 3.10. The van der Waals surface area contributed by atoms with E-state index in [1.807, 2.05) is 4.90 Å². The van der Waals surface area contributed by atoms with Crippen LogP contribution in [0, 0.1) is 0 Å². The smallest absolute Gasteiger partial charge is 0.257 e. The molecule has 1 fully saturated rings. The van der Waals surface area contributed by atoms with Gasteiger partial charge in [-0.2, -0.15) is 0 Å². The van der Waals surface area contributed by atoms with Crippen LogP contribution in [0.15, 0.2) is 0 Å². The average Bonchev–Trinajstić information content (AvgIpc) is 2.98. The summed E-state index contributed by atoms with van der Waals surface area (Å²) in [7, 11) is 0. The molecule has 1 aliphatic carbocycles. The number of hydrogen-bond donors (Lipinski definition) is 2. The quantitative estimate of drug-likeness (QED) is 0.862. The van der Waals surface area contributed by atoms with Crippen LogP contribution in [-0.4, -0.2) is 42.9 Å². The van der Waals surface area contributed by atoms with Crippen molar-refractivity contribution in [3.8, 4) is 0 Å². The third-order valence-electron chi connectivity index (χ3n) is 3.83. The molecule has 1 aromatic rings. The summed E-state index contributed by atoms with van der Waals surface area (Å²) in [5, 5.41) is 6.83. The molecule has 1 aromatic heterocycles. The van der Waals surface area contributed by atoms with E-state index in [9.17, 15) is 9.59 Å². The monoisotopic (exact) mass is 293 g/mol. The van der Waals surface area contributed by atoms with Gasteiger partial charge in [0.25, 0.3) is 5.91 Å². The van der Waals surface area contributed by atoms with E-state index >= 15 is 0 Å². The Balaban J connectivity index is 1.93. The number of fused-ring (bicyclic) bond motifs is 1. The van der Waals surface area contributed by atoms with E-state index in [2.05, 4.69) is 10.6 Å². The second-order valence-corrected chi connectivity index (χ2v) is 6.39. The molecule has 0 spiro atoms. The fourth-order valence-electron chi connectivity index (χ4n) is 2.90. The van der Waals surface area contributed by atoms with Gasteiger partial charge >= 0.3 is 0 Å². The Morgan fingerprint density at radius 1 is 1.25 bits per heavy atom. The number of carbonyl (C=O) groups is 2. The van der Waals surface area contributed by atoms with Crippen molar-refractivity contribution in [3.05, 3.63) is 16.0 Å². The van der Waals surface area contributed by atoms with Gasteiger partial charge < -0.3 is 15.5 Å². The minimum atomic E-state index is -0.112. The van der Waals surface area contributed by atoms with Gasteiger partial charge in [-0.1, -0.05) is 0 Å². The molecule has 2 amide bonds. The predicted molar refractivity (Wildman–Crippen MR) is 79.4 cm³/mol. The van der Waals surface area contributed by atoms with Crippen LogP contribution in [0.4, 0.5) is 5.00 Å². The van der Waals surface area contributed by atoms with Gasteiger partial charge in [-0.25, -0.2) is 0 Å². The molecule has 3 rings (SSSR count). The molecule has 20 heavy (non-hydrogen) atoms. The van der Waals surface area contributed by atoms with E-state index in [0.717, 1.165) is 56.0 Å². The summed E-state index contributed by atoms with van der Waals surface area (Å²) in [6, 6.07) is 0. The number of aryl methyl sites for hydroxylation is 1. The van der Waals surface area contributed by atoms with Crippen LogP contribution in [0.3, 0.4) is 0 Å². The number of amides is 2. The van der Waals surface area contributed by atoms with Crippen molar-refractivity contribution < 1.29 is 9.59 Å². The molecule has 0 atom stereocenters. The van der Waals surface area contributed by atoms with Crippen molar-refractivity contribution in [1.29, 1.82) is 0 Å². The standard InChI is InChI=1S/C14H19N3O2S/c1-9(18)16-13-12(10-3-2-4-11(10)20-13)14(19)17-7-5-15-6-8-17/h15H,2-8H2,1H3,(H,16,18). The number of rotatable bonds is 2. The second-order valence-electron chi connectivity index (χ2n) is 5.28. The average molecular weight is 293 g/mol. The van der Waals surface area contributed by atoms with Crippen molar-refractivity contribution in [2.75, 3.05) is 31.5 Å². The minimum Gasteiger partial charge on any atom is -0.336 e. The molecular weight excluding hydrogens is 274 g/mol. The number of hydrogen-bond acceptors (Lipinski definition) is 4. The van der Waals surface area contributed by atoms with Crippen molar-refractivity contribution in [1.82, 2.24) is 10.2 Å². The normalized spacial score (nSPS) is 17.9. The summed E-state index contributed by atoms with van der Waals surface area (Å²) < 4.78 is 0. The molecule has 1 aliphatic heterocycles. The summed E-state index contributed by atoms with van der Waals surface area (Å²) >= 11 is 1.57. The van der Waals surface area contributed by atoms with Crippen LogP contribution in [0.25, 0.3) is 0 Å². The van der Waals surface area contributed by atoms with Gasteiger partial charge in [0.15, 0.2) is 0 Å². The number of nitrogens with one attached hydrogen (secondary N) is 2. The number of nitrogens with zero attached hydrogens (tertiary/aromatic N) is 1. The Morgan fingerprint density at radius 2 is 2.00 bits per heavy atom. The molecule has 2 heterocycles. The number of carbonyl (C=O) groups excluding carboxylic acids is 2. The molecule has 5 nitrogen and oxygen atoms in total. The molecule has 0 saturated carbocycles. The van der Waals surface area contributed by atoms with Crippen LogP contribution in [0.2, 0.25) is 0 Å². The summed E-state index contributed by atoms with van der Waals surface area (Å²) in [4.78, 5) is 27.3. The highest BCUT2D eigenvalue weighted by molar-refractivity contribution is 7.17. The molecule has 0 aromatic carbocycles. The second kappa shape index (κ2) is 5.54. The fourth-order valence-corrected chi connectivity index (χ4v) is 4.23. The zero-order chi connectivity index (χ0) is 14.1. The molecule has 0 unspecified atom stereocenters. The van der Waals surface area contributed by atoms with Crippen molar-refractivity contribution in [3.63, 3.8) is 0 Å². The van der Waals surface area contributed by atoms with Crippen LogP contribution in [0.1, 0.15) is 34.1 Å². The number of thiophene rings is 1. The molecular formula is C14H19N3O2S. The Kier molecular flexibility index (Phi) is 3.76. The Bertz CT molecular complexity index is 547. The highest BCUT2D eigenvalue weighted by Crippen LogP contribution is 2.39. The van der Waals surface area contributed by atoms with Gasteiger partial charge in [0, 0.05) is 38.0 Å². The van der Waals surface area contributed by atoms with Gasteiger partial charge in [0.1, 0.15) is 5.00 Å². The first kappa shape index (κ1) is 13.6. The van der Waals surface area contributed by atoms with E-state index in [0.29, 0.717) is 0 Å². The van der Waals surface area contributed by atoms with E-state index in [4.69, 9.17) is 0 Å². The van der Waals surface area contributed by atoms with Gasteiger partial charge in [-0.3, -0.25) is 9.59 Å². The summed E-state index contributed by atoms with van der Waals surface area (Å²) in [5.41, 5.74) is 1.92. The molecule has 0 bridgehead atoms. The number of anilines is 1. The zero-order valence-corrected chi connectivity index (χ0v) is 12.4. The largest absolute Gasteiger partial charge is 0.336 e. The minimum absolute atomic E-state index is 0.0784. The first-order chi connectivity index (χ1) is 9.66. The zero-order valence-electron chi connectivity index (χ0n) is 11.6. The van der Waals surface area contributed by atoms with E-state index < -0.39 is 0 Å². The van der Waals surface area contributed by atoms with Crippen molar-refractivity contribution >= 4 is 28.2 Å². The predicted octanol–water partition coefficient (Wildman–Crippen LogP) is 1.24. The molecule has 6 heteroatoms. The van der Waals surface area contributed by atoms with Gasteiger partial charge in [0.2, 0.25) is 5.91 Å². The topological polar surface area (TPSA) is 61.4 Å². The maximum atomic E-state index is 12.8. The van der Waals surface area contributed by atoms with Gasteiger partial charge in [-0.05, 0) is 24.8 Å². The van der Waals surface area contributed by atoms with Crippen molar-refractivity contribution in [2.24, 2.45) is 0 Å². The molecule has 108 valence electrons. The Labute approximate surface area is 122 Å². The number of piperazine rings is 1. The van der Waals surface area contributed by atoms with E-state index in [1.54, 1.807) is 11.3 Å². The lowest BCUT2D eigenvalue weighted by Gasteiger charge is -2.28. The van der Waals surface area contributed by atoms with Gasteiger partial charge in [-0.15, -0.1) is 11.3 Å². The first-order valence-corrected chi connectivity index (χ1v) is 7.90. The fraction of sp³-hybridized carbons (Fsp3) is 0.571. The van der Waals surface area contributed by atoms with E-state index in [1.165, 1.54) is 17.4 Å². The third-order valence-corrected chi connectivity index (χ3v) is 5.04. The maximum absolute atomic E-state index is 12.8. The lowest BCUT2D eigenvalue weighted by molar-refractivity contribution is -0.114. The maximum Gasteiger partial charge on any atom is 0.257 e. The van der Waals surface area contributed by atoms with Crippen LogP contribution in [0.5, 0.6) is 0 Å². The SMILES string of the molecule is CC(=O)Nc1sc2c(c1C(=O)N1CCNCC1)CCC2. The van der Waals surface area contributed by atoms with Crippen LogP contribution >= 0.6 is 11.3 Å². The van der Waals surface area contributed by atoms with Crippen LogP contribution < -0.4 is 10.6 Å². The van der Waals surface area contributed by atoms with E-state index in [-0.39, 0.29) is 11.8 Å². The highest BCUT2D eigenvalue weighted by atomic mass is 32.1. The summed E-state index contributed by atoms with van der Waals surface area (Å²) in [5.74, 6) is -0.0334. The van der Waals surface area contributed by atoms with Gasteiger partial charge in [0.05, 0.1) is 5.56 Å². The van der Waals surface area contributed by atoms with Crippen molar-refractivity contribution in [2.45, 2.75) is 26.2 Å². The Morgan fingerprint density at radius 3 is 2.70 bits per heavy atom. The first-order valence-electron chi connectivity index (χ1n) is 7.09. The lowest BCUT2D eigenvalue weighted by Crippen LogP contribution is -2.46. The molecule has 2 N–H and O–H groups in total. The highest BCUT2D eigenvalue weighted by Gasteiger charge is 2.30. The molecule has 2 aliphatic rings. The molecule has 1 saturated heterocycles.